The number of nitrogens with zero attached hydrogens (tertiary/aromatic N) is 1. The van der Waals surface area contributed by atoms with Crippen LogP contribution < -0.4 is 0 Å². The van der Waals surface area contributed by atoms with Gasteiger partial charge in [-0.25, -0.2) is 0 Å². The van der Waals surface area contributed by atoms with Gasteiger partial charge in [0.2, 0.25) is 0 Å². The molecule has 1 heterocycles. The number of aromatic nitrogens is 1. The quantitative estimate of drug-likeness (QED) is 0.241. The minimum Gasteiger partial charge on any atom is -0.469 e. The smallest absolute Gasteiger partial charge is 0.305 e. The van der Waals surface area contributed by atoms with Gasteiger partial charge in [0.1, 0.15) is 0 Å². The van der Waals surface area contributed by atoms with E-state index in [0.29, 0.717) is 25.0 Å². The normalized spacial score (nSPS) is 13.8. The van der Waals surface area contributed by atoms with Crippen molar-refractivity contribution in [1.82, 2.24) is 4.98 Å². The zero-order valence-electron chi connectivity index (χ0n) is 17.9. The number of carbonyl (C=O) groups excluding carboxylic acids is 1. The third-order valence-corrected chi connectivity index (χ3v) is 4.78. The molecular weight excluding hydrogens is 366 g/mol. The molecule has 162 valence electrons. The molecule has 2 atom stereocenters. The van der Waals surface area contributed by atoms with Crippen molar-refractivity contribution in [2.45, 2.75) is 83.3 Å². The van der Waals surface area contributed by atoms with Crippen molar-refractivity contribution in [2.24, 2.45) is 0 Å². The molecule has 1 rings (SSSR count). The summed E-state index contributed by atoms with van der Waals surface area (Å²) in [5.74, 6) is -0.271. The van der Waals surface area contributed by atoms with Gasteiger partial charge in [-0.3, -0.25) is 9.78 Å². The highest BCUT2D eigenvalue weighted by Gasteiger charge is 2.10. The Bertz CT molecular complexity index is 627. The number of carbonyl (C=O) groups is 1. The second kappa shape index (κ2) is 15.9. The van der Waals surface area contributed by atoms with Crippen LogP contribution in [0, 0.1) is 0 Å². The summed E-state index contributed by atoms with van der Waals surface area (Å²) in [6.45, 7) is 2.21. The first kappa shape index (κ1) is 25.1. The number of esters is 1. The highest BCUT2D eigenvalue weighted by molar-refractivity contribution is 5.69. The molecule has 2 N–H and O–H groups in total. The largest absolute Gasteiger partial charge is 0.469 e. The molecule has 1 aromatic heterocycles. The monoisotopic (exact) mass is 403 g/mol. The van der Waals surface area contributed by atoms with Gasteiger partial charge in [-0.15, -0.1) is 0 Å². The molecular formula is C24H37NO4. The van der Waals surface area contributed by atoms with Crippen molar-refractivity contribution in [1.29, 1.82) is 0 Å². The molecule has 0 aromatic carbocycles. The molecule has 29 heavy (non-hydrogen) atoms. The van der Waals surface area contributed by atoms with Crippen LogP contribution in [0.15, 0.2) is 36.4 Å². The summed E-state index contributed by atoms with van der Waals surface area (Å²) in [5, 5.41) is 20.2. The van der Waals surface area contributed by atoms with Crippen molar-refractivity contribution in [2.75, 3.05) is 7.11 Å². The Hall–Kier alpha value is -1.98. The molecule has 0 radical (unpaired) electrons. The third kappa shape index (κ3) is 12.2. The molecule has 1 aromatic rings. The number of unbranched alkanes of at least 4 members (excludes halogenated alkanes) is 5. The minimum atomic E-state index is -0.706. The van der Waals surface area contributed by atoms with E-state index in [1.165, 1.54) is 39.2 Å². The number of hydrogen-bond acceptors (Lipinski definition) is 5. The van der Waals surface area contributed by atoms with Crippen molar-refractivity contribution >= 4 is 12.0 Å². The van der Waals surface area contributed by atoms with Crippen LogP contribution in [0.5, 0.6) is 0 Å². The van der Waals surface area contributed by atoms with E-state index < -0.39 is 12.2 Å². The number of rotatable bonds is 15. The standard InChI is InChI=1S/C24H37NO4/c1-3-4-5-6-7-8-15-21(26)16-10-9-13-20-14-11-17-22(25-20)23(27)18-12-19-24(28)29-2/h9-11,13-14,16-17,21,23,26-27H,3-8,12,15,18-19H2,1-2H3. The molecule has 0 saturated heterocycles. The maximum Gasteiger partial charge on any atom is 0.305 e. The highest BCUT2D eigenvalue weighted by atomic mass is 16.5. The van der Waals surface area contributed by atoms with Crippen LogP contribution in [0.2, 0.25) is 0 Å². The van der Waals surface area contributed by atoms with Gasteiger partial charge < -0.3 is 14.9 Å². The van der Waals surface area contributed by atoms with Crippen LogP contribution in [0.3, 0.4) is 0 Å². The summed E-state index contributed by atoms with van der Waals surface area (Å²) < 4.78 is 4.60. The second-order valence-corrected chi connectivity index (χ2v) is 7.34. The Balaban J connectivity index is 2.37. The van der Waals surface area contributed by atoms with Gasteiger partial charge in [0.25, 0.3) is 0 Å². The molecule has 0 bridgehead atoms. The van der Waals surface area contributed by atoms with Crippen molar-refractivity contribution in [3.8, 4) is 0 Å². The molecule has 5 nitrogen and oxygen atoms in total. The van der Waals surface area contributed by atoms with Crippen LogP contribution in [0.25, 0.3) is 6.08 Å². The Kier molecular flexibility index (Phi) is 13.7. The average Bonchev–Trinajstić information content (AvgIpc) is 2.73. The van der Waals surface area contributed by atoms with Crippen LogP contribution in [0.4, 0.5) is 0 Å². The first-order valence-corrected chi connectivity index (χ1v) is 10.8. The third-order valence-electron chi connectivity index (χ3n) is 4.78. The van der Waals surface area contributed by atoms with E-state index in [1.807, 2.05) is 30.4 Å². The van der Waals surface area contributed by atoms with Crippen molar-refractivity contribution in [3.05, 3.63) is 47.8 Å². The van der Waals surface area contributed by atoms with Crippen LogP contribution in [-0.2, 0) is 9.53 Å². The maximum atomic E-state index is 11.1. The van der Waals surface area contributed by atoms with E-state index in [2.05, 4.69) is 16.6 Å². The number of ether oxygens (including phenoxy) is 1. The number of hydrogen-bond donors (Lipinski definition) is 2. The molecule has 0 aliphatic rings. The lowest BCUT2D eigenvalue weighted by molar-refractivity contribution is -0.140. The summed E-state index contributed by atoms with van der Waals surface area (Å²) in [5.41, 5.74) is 1.33. The molecule has 0 saturated carbocycles. The number of aliphatic hydroxyl groups excluding tert-OH is 2. The molecule has 0 spiro atoms. The minimum absolute atomic E-state index is 0.271. The fraction of sp³-hybridized carbons (Fsp3) is 0.583. The van der Waals surface area contributed by atoms with E-state index in [4.69, 9.17) is 0 Å². The van der Waals surface area contributed by atoms with Gasteiger partial charge in [0.05, 0.1) is 30.7 Å². The van der Waals surface area contributed by atoms with Gasteiger partial charge in [-0.1, -0.05) is 69.7 Å². The highest BCUT2D eigenvalue weighted by Crippen LogP contribution is 2.18. The number of aliphatic hydroxyl groups is 2. The topological polar surface area (TPSA) is 79.7 Å². The van der Waals surface area contributed by atoms with Crippen molar-refractivity contribution < 1.29 is 19.7 Å². The second-order valence-electron chi connectivity index (χ2n) is 7.34. The summed E-state index contributed by atoms with van der Waals surface area (Å²) in [6.07, 6.45) is 15.6. The number of pyridine rings is 1. The molecule has 0 aliphatic carbocycles. The van der Waals surface area contributed by atoms with E-state index in [1.54, 1.807) is 12.1 Å². The molecule has 0 fully saturated rings. The van der Waals surface area contributed by atoms with Gasteiger partial charge in [0, 0.05) is 6.42 Å². The molecule has 5 heteroatoms. The van der Waals surface area contributed by atoms with E-state index in [-0.39, 0.29) is 5.97 Å². The fourth-order valence-electron chi connectivity index (χ4n) is 3.01. The average molecular weight is 404 g/mol. The lowest BCUT2D eigenvalue weighted by Crippen LogP contribution is -2.04. The Morgan fingerprint density at radius 1 is 1.07 bits per heavy atom. The molecule has 0 amide bonds. The predicted octanol–water partition coefficient (Wildman–Crippen LogP) is 5.14. The Morgan fingerprint density at radius 3 is 2.59 bits per heavy atom. The summed E-state index contributed by atoms with van der Waals surface area (Å²) in [7, 11) is 1.36. The molecule has 2 unspecified atom stereocenters. The number of allylic oxidation sites excluding steroid dienone is 2. The zero-order chi connectivity index (χ0) is 21.3. The van der Waals surface area contributed by atoms with Gasteiger partial charge >= 0.3 is 5.97 Å². The van der Waals surface area contributed by atoms with Crippen LogP contribution in [0.1, 0.15) is 88.6 Å². The summed E-state index contributed by atoms with van der Waals surface area (Å²) in [4.78, 5) is 15.6. The summed E-state index contributed by atoms with van der Waals surface area (Å²) in [6, 6.07) is 5.49. The SMILES string of the molecule is CCCCCCCCC(O)C=CC=Cc1cccc(C(O)CCCC(=O)OC)n1. The maximum absolute atomic E-state index is 11.1. The lowest BCUT2D eigenvalue weighted by Gasteiger charge is -2.10. The lowest BCUT2D eigenvalue weighted by atomic mass is 10.1. The Morgan fingerprint density at radius 2 is 1.83 bits per heavy atom. The molecule has 0 aliphatic heterocycles. The van der Waals surface area contributed by atoms with Gasteiger partial charge in [0.15, 0.2) is 0 Å². The van der Waals surface area contributed by atoms with Crippen molar-refractivity contribution in [3.63, 3.8) is 0 Å². The Labute approximate surface area is 175 Å². The van der Waals surface area contributed by atoms with Gasteiger partial charge in [-0.05, 0) is 37.5 Å². The predicted molar refractivity (Wildman–Crippen MR) is 117 cm³/mol. The van der Waals surface area contributed by atoms with E-state index in [9.17, 15) is 15.0 Å². The summed E-state index contributed by atoms with van der Waals surface area (Å²) >= 11 is 0. The first-order chi connectivity index (χ1) is 14.1. The van der Waals surface area contributed by atoms with Gasteiger partial charge in [-0.2, -0.15) is 0 Å². The zero-order valence-corrected chi connectivity index (χ0v) is 17.9. The van der Waals surface area contributed by atoms with Crippen LogP contribution in [-0.4, -0.2) is 34.4 Å². The fourth-order valence-corrected chi connectivity index (χ4v) is 3.01. The van der Waals surface area contributed by atoms with Crippen LogP contribution >= 0.6 is 0 Å². The van der Waals surface area contributed by atoms with E-state index in [0.717, 1.165) is 18.5 Å². The number of methoxy groups -OCH3 is 1. The van der Waals surface area contributed by atoms with E-state index >= 15 is 0 Å². The first-order valence-electron chi connectivity index (χ1n) is 10.8.